The monoisotopic (exact) mass is 401 g/mol. The lowest BCUT2D eigenvalue weighted by Gasteiger charge is -2.37. The first-order valence-electron chi connectivity index (χ1n) is 8.37. The van der Waals surface area contributed by atoms with E-state index in [1.54, 1.807) is 6.07 Å². The molecule has 1 atom stereocenters. The predicted molar refractivity (Wildman–Crippen MR) is 100 cm³/mol. The van der Waals surface area contributed by atoms with Crippen LogP contribution in [0.2, 0.25) is 5.02 Å². The third kappa shape index (κ3) is 3.64. The van der Waals surface area contributed by atoms with Crippen LogP contribution in [0.4, 0.5) is 0 Å². The lowest BCUT2D eigenvalue weighted by molar-refractivity contribution is 0.0845. The molecule has 9 heteroatoms. The molecule has 1 aromatic heterocycles. The first-order chi connectivity index (χ1) is 11.9. The topological polar surface area (TPSA) is 58.7 Å². The Hall–Kier alpha value is -0.930. The van der Waals surface area contributed by atoms with Gasteiger partial charge in [0.2, 0.25) is 0 Å². The minimum atomic E-state index is -2.83. The van der Waals surface area contributed by atoms with Crippen LogP contribution in [0.25, 0.3) is 11.1 Å². The molecule has 2 aliphatic heterocycles. The van der Waals surface area contributed by atoms with E-state index >= 15 is 0 Å². The third-order valence-corrected chi connectivity index (χ3v) is 7.39. The van der Waals surface area contributed by atoms with Gasteiger partial charge in [-0.05, 0) is 30.8 Å². The van der Waals surface area contributed by atoms with Crippen LogP contribution >= 0.6 is 23.8 Å². The first-order valence-corrected chi connectivity index (χ1v) is 11.0. The number of hydrogen-bond donors (Lipinski definition) is 0. The van der Waals surface area contributed by atoms with Gasteiger partial charge in [-0.15, -0.1) is 0 Å². The number of rotatable bonds is 3. The van der Waals surface area contributed by atoms with Crippen molar-refractivity contribution in [3.63, 3.8) is 0 Å². The van der Waals surface area contributed by atoms with Crippen LogP contribution in [0, 0.1) is 4.84 Å². The fourth-order valence-corrected chi connectivity index (χ4v) is 5.88. The van der Waals surface area contributed by atoms with Crippen molar-refractivity contribution < 1.29 is 12.8 Å². The first kappa shape index (κ1) is 17.5. The molecule has 0 radical (unpaired) electrons. The van der Waals surface area contributed by atoms with Crippen molar-refractivity contribution in [3.8, 4) is 0 Å². The van der Waals surface area contributed by atoms with Gasteiger partial charge in [0.1, 0.15) is 0 Å². The van der Waals surface area contributed by atoms with Gasteiger partial charge in [0.25, 0.3) is 4.84 Å². The van der Waals surface area contributed by atoms with Gasteiger partial charge in [0.15, 0.2) is 15.4 Å². The normalized spacial score (nSPS) is 24.9. The van der Waals surface area contributed by atoms with Gasteiger partial charge in [-0.3, -0.25) is 14.4 Å². The molecule has 0 N–H and O–H groups in total. The molecule has 0 saturated carbocycles. The highest BCUT2D eigenvalue weighted by Crippen LogP contribution is 2.23. The van der Waals surface area contributed by atoms with Crippen molar-refractivity contribution in [3.05, 3.63) is 28.1 Å². The molecule has 6 nitrogen and oxygen atoms in total. The van der Waals surface area contributed by atoms with Crippen molar-refractivity contribution >= 4 is 44.8 Å². The number of piperazine rings is 1. The molecule has 2 saturated heterocycles. The maximum Gasteiger partial charge on any atom is 0.270 e. The van der Waals surface area contributed by atoms with E-state index in [2.05, 4.69) is 9.80 Å². The van der Waals surface area contributed by atoms with E-state index in [9.17, 15) is 8.42 Å². The quantitative estimate of drug-likeness (QED) is 0.736. The average molecular weight is 402 g/mol. The second kappa shape index (κ2) is 6.66. The third-order valence-electron chi connectivity index (χ3n) is 5.10. The predicted octanol–water partition coefficient (Wildman–Crippen LogP) is 2.38. The number of oxazole rings is 1. The van der Waals surface area contributed by atoms with Crippen LogP contribution < -0.4 is 0 Å². The number of benzene rings is 1. The molecule has 25 heavy (non-hydrogen) atoms. The summed E-state index contributed by atoms with van der Waals surface area (Å²) in [4.78, 5) is 5.08. The zero-order valence-electron chi connectivity index (χ0n) is 13.7. The average Bonchev–Trinajstić information content (AvgIpc) is 3.07. The maximum absolute atomic E-state index is 11.7. The molecule has 2 aliphatic rings. The van der Waals surface area contributed by atoms with Crippen LogP contribution in [0.5, 0.6) is 0 Å². The van der Waals surface area contributed by atoms with Crippen molar-refractivity contribution in [1.82, 2.24) is 14.4 Å². The molecule has 136 valence electrons. The van der Waals surface area contributed by atoms with Gasteiger partial charge in [-0.1, -0.05) is 11.6 Å². The Bertz CT molecular complexity index is 945. The van der Waals surface area contributed by atoms with Gasteiger partial charge in [-0.2, -0.15) is 0 Å². The number of nitrogens with zero attached hydrogens (tertiary/aromatic N) is 3. The molecule has 3 heterocycles. The summed E-state index contributed by atoms with van der Waals surface area (Å²) in [5.41, 5.74) is 1.64. The van der Waals surface area contributed by atoms with Crippen LogP contribution in [-0.2, 0) is 16.5 Å². The fraction of sp³-hybridized carbons (Fsp3) is 0.562. The van der Waals surface area contributed by atoms with E-state index in [1.807, 2.05) is 16.7 Å². The molecule has 2 aromatic rings. The smallest absolute Gasteiger partial charge is 0.270 e. The summed E-state index contributed by atoms with van der Waals surface area (Å²) in [6.07, 6.45) is 0.764. The van der Waals surface area contributed by atoms with E-state index in [0.717, 1.165) is 38.1 Å². The summed E-state index contributed by atoms with van der Waals surface area (Å²) < 4.78 is 31.0. The lowest BCUT2D eigenvalue weighted by atomic mass is 10.2. The van der Waals surface area contributed by atoms with Crippen molar-refractivity contribution in [2.75, 3.05) is 37.7 Å². The molecule has 2 fully saturated rings. The highest BCUT2D eigenvalue weighted by atomic mass is 35.5. The Balaban J connectivity index is 1.42. The van der Waals surface area contributed by atoms with E-state index in [0.29, 0.717) is 33.6 Å². The summed E-state index contributed by atoms with van der Waals surface area (Å²) in [6, 6.07) is 5.73. The summed E-state index contributed by atoms with van der Waals surface area (Å²) in [6.45, 7) is 4.21. The molecule has 0 aliphatic carbocycles. The van der Waals surface area contributed by atoms with Gasteiger partial charge in [0.05, 0.1) is 23.7 Å². The Morgan fingerprint density at radius 1 is 1.24 bits per heavy atom. The molecule has 1 aromatic carbocycles. The second-order valence-electron chi connectivity index (χ2n) is 6.76. The molecule has 0 bridgehead atoms. The van der Waals surface area contributed by atoms with Crippen molar-refractivity contribution in [1.29, 1.82) is 0 Å². The number of aromatic nitrogens is 1. The Labute approximate surface area is 156 Å². The number of hydrogen-bond acceptors (Lipinski definition) is 6. The Kier molecular flexibility index (Phi) is 4.66. The minimum absolute atomic E-state index is 0.186. The molecule has 4 rings (SSSR count). The van der Waals surface area contributed by atoms with E-state index < -0.39 is 9.84 Å². The molecular formula is C16H20ClN3O3S2. The van der Waals surface area contributed by atoms with Crippen molar-refractivity contribution in [2.24, 2.45) is 0 Å². The maximum atomic E-state index is 11.7. The summed E-state index contributed by atoms with van der Waals surface area (Å²) in [5.74, 6) is 0.641. The van der Waals surface area contributed by atoms with Crippen molar-refractivity contribution in [2.45, 2.75) is 19.1 Å². The highest BCUT2D eigenvalue weighted by Gasteiger charge is 2.33. The summed E-state index contributed by atoms with van der Waals surface area (Å²) >= 11 is 11.4. The lowest BCUT2D eigenvalue weighted by Crippen LogP contribution is -2.50. The van der Waals surface area contributed by atoms with E-state index in [-0.39, 0.29) is 6.04 Å². The molecule has 0 spiro atoms. The van der Waals surface area contributed by atoms with Gasteiger partial charge < -0.3 is 4.42 Å². The standard InChI is InChI=1S/C16H20ClN3O3S2/c17-12-1-2-14-15(9-12)23-16(24)20(14)11-18-4-6-19(7-5-18)13-3-8-25(21,22)10-13/h1-2,9,13H,3-8,10-11H2. The second-order valence-corrected chi connectivity index (χ2v) is 9.77. The van der Waals surface area contributed by atoms with Gasteiger partial charge in [-0.25, -0.2) is 8.42 Å². The van der Waals surface area contributed by atoms with Crippen LogP contribution in [0.15, 0.2) is 22.6 Å². The fourth-order valence-electron chi connectivity index (χ4n) is 3.71. The van der Waals surface area contributed by atoms with Gasteiger partial charge >= 0.3 is 0 Å². The SMILES string of the molecule is O=S1(=O)CCC(N2CCN(Cn3c(=S)oc4cc(Cl)ccc43)CC2)C1. The Morgan fingerprint density at radius 2 is 2.00 bits per heavy atom. The van der Waals surface area contributed by atoms with Crippen LogP contribution in [-0.4, -0.2) is 66.5 Å². The van der Waals surface area contributed by atoms with E-state index in [1.165, 1.54) is 0 Å². The zero-order valence-corrected chi connectivity index (χ0v) is 16.1. The zero-order chi connectivity index (χ0) is 17.6. The highest BCUT2D eigenvalue weighted by molar-refractivity contribution is 7.91. The molecule has 1 unspecified atom stereocenters. The summed E-state index contributed by atoms with van der Waals surface area (Å²) in [5, 5.41) is 0.628. The molecule has 0 amide bonds. The number of fused-ring (bicyclic) bond motifs is 1. The Morgan fingerprint density at radius 3 is 2.68 bits per heavy atom. The summed E-state index contributed by atoms with van der Waals surface area (Å²) in [7, 11) is -2.83. The largest absolute Gasteiger partial charge is 0.429 e. The minimum Gasteiger partial charge on any atom is -0.429 e. The van der Waals surface area contributed by atoms with Crippen LogP contribution in [0.1, 0.15) is 6.42 Å². The van der Waals surface area contributed by atoms with Crippen LogP contribution in [0.3, 0.4) is 0 Å². The number of halogens is 1. The van der Waals surface area contributed by atoms with E-state index in [4.69, 9.17) is 28.2 Å². The molecular weight excluding hydrogens is 382 g/mol. The number of sulfone groups is 1. The van der Waals surface area contributed by atoms with Gasteiger partial charge in [0, 0.05) is 43.3 Å².